The van der Waals surface area contributed by atoms with E-state index in [4.69, 9.17) is 0 Å². The molecule has 0 unspecified atom stereocenters. The van der Waals surface area contributed by atoms with Gasteiger partial charge in [0.05, 0.1) is 16.7 Å². The van der Waals surface area contributed by atoms with Crippen LogP contribution in [0, 0.1) is 13.8 Å². The molecule has 0 radical (unpaired) electrons. The lowest BCUT2D eigenvalue weighted by Gasteiger charge is -2.07. The smallest absolute Gasteiger partial charge is 0.282 e. The predicted octanol–water partition coefficient (Wildman–Crippen LogP) is 3.55. The van der Waals surface area contributed by atoms with Gasteiger partial charge >= 0.3 is 0 Å². The Hall–Kier alpha value is -2.95. The van der Waals surface area contributed by atoms with Crippen molar-refractivity contribution in [3.05, 3.63) is 65.4 Å². The zero-order chi connectivity index (χ0) is 16.8. The molecule has 4 rings (SSSR count). The highest BCUT2D eigenvalue weighted by Gasteiger charge is 2.23. The summed E-state index contributed by atoms with van der Waals surface area (Å²) >= 11 is 0. The van der Waals surface area contributed by atoms with Crippen molar-refractivity contribution in [3.63, 3.8) is 0 Å². The Labute approximate surface area is 139 Å². The molecule has 3 aromatic heterocycles. The van der Waals surface area contributed by atoms with Crippen molar-refractivity contribution in [2.75, 3.05) is 0 Å². The predicted molar refractivity (Wildman–Crippen MR) is 93.5 cm³/mol. The molecule has 4 aromatic rings. The molecule has 0 saturated heterocycles. The van der Waals surface area contributed by atoms with E-state index in [-0.39, 0.29) is 5.91 Å². The molecule has 1 aromatic carbocycles. The standard InChI is InChI=1S/C19H18N4O/c1-4-14-18(22-11-12(2)9-10-17(22)21-14)19(24)23-13(3)20-15-7-5-6-8-16(15)23/h5-11H,4H2,1-3H3. The van der Waals surface area contributed by atoms with Gasteiger partial charge in [0.15, 0.2) is 0 Å². The van der Waals surface area contributed by atoms with E-state index in [9.17, 15) is 4.79 Å². The van der Waals surface area contributed by atoms with E-state index in [0.29, 0.717) is 17.9 Å². The van der Waals surface area contributed by atoms with Crippen LogP contribution < -0.4 is 0 Å². The summed E-state index contributed by atoms with van der Waals surface area (Å²) in [4.78, 5) is 22.5. The molecule has 5 nitrogen and oxygen atoms in total. The lowest BCUT2D eigenvalue weighted by Crippen LogP contribution is -2.17. The average Bonchev–Trinajstić information content (AvgIpc) is 3.10. The fourth-order valence-electron chi connectivity index (χ4n) is 3.18. The number of hydrogen-bond acceptors (Lipinski definition) is 3. The Bertz CT molecular complexity index is 1090. The second-order valence-electron chi connectivity index (χ2n) is 5.98. The monoisotopic (exact) mass is 318 g/mol. The molecule has 0 atom stereocenters. The van der Waals surface area contributed by atoms with E-state index < -0.39 is 0 Å². The number of rotatable bonds is 2. The second kappa shape index (κ2) is 5.30. The quantitative estimate of drug-likeness (QED) is 0.568. The van der Waals surface area contributed by atoms with E-state index in [1.165, 1.54) is 0 Å². The Balaban J connectivity index is 2.01. The maximum atomic E-state index is 13.4. The number of pyridine rings is 1. The largest absolute Gasteiger partial charge is 0.295 e. The number of aromatic nitrogens is 4. The van der Waals surface area contributed by atoms with Crippen molar-refractivity contribution in [1.82, 2.24) is 18.9 Å². The summed E-state index contributed by atoms with van der Waals surface area (Å²) in [7, 11) is 0. The highest BCUT2D eigenvalue weighted by molar-refractivity contribution is 6.02. The number of nitrogens with zero attached hydrogens (tertiary/aromatic N) is 4. The molecule has 0 aliphatic carbocycles. The van der Waals surface area contributed by atoms with Crippen LogP contribution in [0.15, 0.2) is 42.6 Å². The Morgan fingerprint density at radius 3 is 2.67 bits per heavy atom. The molecule has 0 fully saturated rings. The van der Waals surface area contributed by atoms with Gasteiger partial charge in [0.25, 0.3) is 5.91 Å². The van der Waals surface area contributed by atoms with Crippen LogP contribution in [0.25, 0.3) is 16.7 Å². The first-order chi connectivity index (χ1) is 11.6. The average molecular weight is 318 g/mol. The lowest BCUT2D eigenvalue weighted by molar-refractivity contribution is 0.0955. The number of aryl methyl sites for hydroxylation is 3. The molecule has 0 aliphatic rings. The van der Waals surface area contributed by atoms with Crippen LogP contribution >= 0.6 is 0 Å². The summed E-state index contributed by atoms with van der Waals surface area (Å²) in [6, 6.07) is 11.7. The number of para-hydroxylation sites is 2. The molecule has 0 saturated carbocycles. The van der Waals surface area contributed by atoms with Crippen LogP contribution in [0.4, 0.5) is 0 Å². The topological polar surface area (TPSA) is 52.2 Å². The summed E-state index contributed by atoms with van der Waals surface area (Å²) in [5.74, 6) is 0.599. The van der Waals surface area contributed by atoms with Crippen molar-refractivity contribution in [3.8, 4) is 0 Å². The second-order valence-corrected chi connectivity index (χ2v) is 5.98. The van der Waals surface area contributed by atoms with Gasteiger partial charge < -0.3 is 0 Å². The number of carbonyl (C=O) groups is 1. The van der Waals surface area contributed by atoms with Crippen LogP contribution in [0.5, 0.6) is 0 Å². The van der Waals surface area contributed by atoms with Crippen LogP contribution in [0.2, 0.25) is 0 Å². The number of imidazole rings is 2. The van der Waals surface area contributed by atoms with E-state index in [1.807, 2.05) is 67.8 Å². The third kappa shape index (κ3) is 2.05. The third-order valence-corrected chi connectivity index (χ3v) is 4.31. The van der Waals surface area contributed by atoms with Gasteiger partial charge in [-0.25, -0.2) is 9.97 Å². The minimum Gasteiger partial charge on any atom is -0.295 e. The van der Waals surface area contributed by atoms with Crippen molar-refractivity contribution < 1.29 is 4.79 Å². The van der Waals surface area contributed by atoms with Gasteiger partial charge in [0, 0.05) is 6.20 Å². The molecule has 120 valence electrons. The van der Waals surface area contributed by atoms with E-state index in [0.717, 1.165) is 27.9 Å². The molecule has 0 spiro atoms. The van der Waals surface area contributed by atoms with Gasteiger partial charge in [-0.05, 0) is 44.0 Å². The minimum atomic E-state index is -0.0869. The number of carbonyl (C=O) groups excluding carboxylic acids is 1. The van der Waals surface area contributed by atoms with E-state index in [2.05, 4.69) is 9.97 Å². The van der Waals surface area contributed by atoms with Crippen LogP contribution in [0.1, 0.15) is 34.5 Å². The maximum Gasteiger partial charge on any atom is 0.282 e. The van der Waals surface area contributed by atoms with Gasteiger partial charge in [0.2, 0.25) is 0 Å². The first kappa shape index (κ1) is 14.6. The lowest BCUT2D eigenvalue weighted by atomic mass is 10.2. The zero-order valence-corrected chi connectivity index (χ0v) is 13.9. The van der Waals surface area contributed by atoms with Crippen LogP contribution in [-0.2, 0) is 6.42 Å². The summed E-state index contributed by atoms with van der Waals surface area (Å²) < 4.78 is 3.57. The molecule has 0 N–H and O–H groups in total. The Kier molecular flexibility index (Phi) is 3.23. The van der Waals surface area contributed by atoms with Crippen molar-refractivity contribution in [1.29, 1.82) is 0 Å². The van der Waals surface area contributed by atoms with Crippen molar-refractivity contribution in [2.45, 2.75) is 27.2 Å². The molecular weight excluding hydrogens is 300 g/mol. The first-order valence-electron chi connectivity index (χ1n) is 8.06. The molecule has 24 heavy (non-hydrogen) atoms. The number of fused-ring (bicyclic) bond motifs is 2. The van der Waals surface area contributed by atoms with Gasteiger partial charge in [0.1, 0.15) is 17.2 Å². The van der Waals surface area contributed by atoms with Crippen molar-refractivity contribution >= 4 is 22.6 Å². The van der Waals surface area contributed by atoms with Gasteiger partial charge in [-0.2, -0.15) is 0 Å². The summed E-state index contributed by atoms with van der Waals surface area (Å²) in [5, 5.41) is 0. The Morgan fingerprint density at radius 1 is 1.08 bits per heavy atom. The van der Waals surface area contributed by atoms with E-state index >= 15 is 0 Å². The minimum absolute atomic E-state index is 0.0869. The summed E-state index contributed by atoms with van der Waals surface area (Å²) in [6.45, 7) is 5.89. The van der Waals surface area contributed by atoms with Crippen LogP contribution in [0.3, 0.4) is 0 Å². The summed E-state index contributed by atoms with van der Waals surface area (Å²) in [5.41, 5.74) is 4.95. The Morgan fingerprint density at radius 2 is 1.88 bits per heavy atom. The van der Waals surface area contributed by atoms with Gasteiger partial charge in [-0.1, -0.05) is 25.1 Å². The first-order valence-corrected chi connectivity index (χ1v) is 8.06. The normalized spacial score (nSPS) is 11.5. The van der Waals surface area contributed by atoms with Crippen LogP contribution in [-0.4, -0.2) is 24.8 Å². The molecular formula is C19H18N4O. The fraction of sp³-hybridized carbons (Fsp3) is 0.211. The number of benzene rings is 1. The highest BCUT2D eigenvalue weighted by Crippen LogP contribution is 2.21. The maximum absolute atomic E-state index is 13.4. The van der Waals surface area contributed by atoms with Gasteiger partial charge in [-0.3, -0.25) is 13.8 Å². The molecule has 5 heteroatoms. The number of hydrogen-bond donors (Lipinski definition) is 0. The SMILES string of the molecule is CCc1nc2ccc(C)cn2c1C(=O)n1c(C)nc2ccccc21. The summed E-state index contributed by atoms with van der Waals surface area (Å²) in [6.07, 6.45) is 2.66. The molecule has 3 heterocycles. The zero-order valence-electron chi connectivity index (χ0n) is 13.9. The molecule has 0 bridgehead atoms. The fourth-order valence-corrected chi connectivity index (χ4v) is 3.18. The van der Waals surface area contributed by atoms with Gasteiger partial charge in [-0.15, -0.1) is 0 Å². The van der Waals surface area contributed by atoms with E-state index in [1.54, 1.807) is 4.57 Å². The third-order valence-electron chi connectivity index (χ3n) is 4.31. The molecule has 0 amide bonds. The molecule has 0 aliphatic heterocycles. The van der Waals surface area contributed by atoms with Crippen molar-refractivity contribution in [2.24, 2.45) is 0 Å². The highest BCUT2D eigenvalue weighted by atomic mass is 16.2.